The molecule has 0 radical (unpaired) electrons. The molecule has 0 bridgehead atoms. The second kappa shape index (κ2) is 5.92. The third-order valence-electron chi connectivity index (χ3n) is 3.86. The number of benzene rings is 2. The van der Waals surface area contributed by atoms with Gasteiger partial charge in [-0.25, -0.2) is 0 Å². The van der Waals surface area contributed by atoms with Gasteiger partial charge in [-0.3, -0.25) is 0 Å². The standard InChI is InChI=1S/C18H21NS/c1-14-9-10-17(15(2)13-14)20-18-8-4-3-7-16(18)19-11-5-6-12-19/h3-4,7-10,13H,5-6,11-12H2,1-2H3. The summed E-state index contributed by atoms with van der Waals surface area (Å²) in [7, 11) is 0. The lowest BCUT2D eigenvalue weighted by molar-refractivity contribution is 0.949. The molecule has 1 aliphatic rings. The van der Waals surface area contributed by atoms with Crippen LogP contribution < -0.4 is 4.90 Å². The molecule has 2 heteroatoms. The van der Waals surface area contributed by atoms with Crippen LogP contribution in [0.2, 0.25) is 0 Å². The highest BCUT2D eigenvalue weighted by Gasteiger charge is 2.16. The van der Waals surface area contributed by atoms with Crippen molar-refractivity contribution < 1.29 is 0 Å². The Balaban J connectivity index is 1.90. The summed E-state index contributed by atoms with van der Waals surface area (Å²) in [4.78, 5) is 5.26. The first-order valence-electron chi connectivity index (χ1n) is 7.33. The zero-order chi connectivity index (χ0) is 13.9. The van der Waals surface area contributed by atoms with Crippen LogP contribution in [0.25, 0.3) is 0 Å². The van der Waals surface area contributed by atoms with Gasteiger partial charge in [-0.05, 0) is 50.5 Å². The fourth-order valence-corrected chi connectivity index (χ4v) is 3.84. The predicted molar refractivity (Wildman–Crippen MR) is 87.9 cm³/mol. The molecule has 0 atom stereocenters. The molecular weight excluding hydrogens is 262 g/mol. The van der Waals surface area contributed by atoms with Crippen LogP contribution in [-0.2, 0) is 0 Å². The predicted octanol–water partition coefficient (Wildman–Crippen LogP) is 5.05. The molecule has 2 aromatic rings. The van der Waals surface area contributed by atoms with Gasteiger partial charge in [-0.15, -0.1) is 0 Å². The zero-order valence-corrected chi connectivity index (χ0v) is 13.0. The van der Waals surface area contributed by atoms with Gasteiger partial charge in [-0.2, -0.15) is 0 Å². The number of rotatable bonds is 3. The zero-order valence-electron chi connectivity index (χ0n) is 12.2. The van der Waals surface area contributed by atoms with E-state index in [4.69, 9.17) is 0 Å². The van der Waals surface area contributed by atoms with Crippen LogP contribution in [0.5, 0.6) is 0 Å². The van der Waals surface area contributed by atoms with E-state index in [1.165, 1.54) is 52.5 Å². The number of aryl methyl sites for hydroxylation is 2. The van der Waals surface area contributed by atoms with E-state index in [-0.39, 0.29) is 0 Å². The molecule has 104 valence electrons. The van der Waals surface area contributed by atoms with Crippen LogP contribution in [0.1, 0.15) is 24.0 Å². The maximum absolute atomic E-state index is 2.52. The van der Waals surface area contributed by atoms with Gasteiger partial charge < -0.3 is 4.90 Å². The third kappa shape index (κ3) is 2.85. The summed E-state index contributed by atoms with van der Waals surface area (Å²) in [5.74, 6) is 0. The minimum absolute atomic E-state index is 1.20. The largest absolute Gasteiger partial charge is 0.371 e. The molecule has 1 saturated heterocycles. The lowest BCUT2D eigenvalue weighted by Crippen LogP contribution is -2.18. The Hall–Kier alpha value is -1.41. The monoisotopic (exact) mass is 283 g/mol. The first-order valence-corrected chi connectivity index (χ1v) is 8.15. The van der Waals surface area contributed by atoms with Crippen LogP contribution >= 0.6 is 11.8 Å². The first kappa shape index (κ1) is 13.6. The van der Waals surface area contributed by atoms with Crippen LogP contribution in [0.15, 0.2) is 52.3 Å². The van der Waals surface area contributed by atoms with E-state index in [9.17, 15) is 0 Å². The van der Waals surface area contributed by atoms with E-state index < -0.39 is 0 Å². The Morgan fingerprint density at radius 1 is 0.900 bits per heavy atom. The smallest absolute Gasteiger partial charge is 0.0508 e. The highest BCUT2D eigenvalue weighted by Crippen LogP contribution is 2.38. The molecule has 0 spiro atoms. The molecule has 0 aromatic heterocycles. The summed E-state index contributed by atoms with van der Waals surface area (Å²) in [6.45, 7) is 6.75. The first-order chi connectivity index (χ1) is 9.74. The number of hydrogen-bond acceptors (Lipinski definition) is 2. The van der Waals surface area contributed by atoms with E-state index in [1.807, 2.05) is 11.8 Å². The highest BCUT2D eigenvalue weighted by molar-refractivity contribution is 7.99. The molecule has 1 heterocycles. The topological polar surface area (TPSA) is 3.24 Å². The van der Waals surface area contributed by atoms with E-state index in [0.29, 0.717) is 0 Å². The van der Waals surface area contributed by atoms with Crippen molar-refractivity contribution in [2.24, 2.45) is 0 Å². The van der Waals surface area contributed by atoms with Crippen molar-refractivity contribution in [2.75, 3.05) is 18.0 Å². The Kier molecular flexibility index (Phi) is 4.02. The van der Waals surface area contributed by atoms with Gasteiger partial charge in [0.1, 0.15) is 0 Å². The van der Waals surface area contributed by atoms with E-state index in [1.54, 1.807) is 0 Å². The molecule has 0 unspecified atom stereocenters. The van der Waals surface area contributed by atoms with Gasteiger partial charge in [0.25, 0.3) is 0 Å². The van der Waals surface area contributed by atoms with Gasteiger partial charge in [0.15, 0.2) is 0 Å². The van der Waals surface area contributed by atoms with Gasteiger partial charge in [0, 0.05) is 22.9 Å². The molecule has 0 N–H and O–H groups in total. The third-order valence-corrected chi connectivity index (χ3v) is 5.11. The second-order valence-corrected chi connectivity index (χ2v) is 6.62. The SMILES string of the molecule is Cc1ccc(Sc2ccccc2N2CCCC2)c(C)c1. The fraction of sp³-hybridized carbons (Fsp3) is 0.333. The maximum atomic E-state index is 2.52. The Morgan fingerprint density at radius 2 is 1.65 bits per heavy atom. The molecule has 1 fully saturated rings. The summed E-state index contributed by atoms with van der Waals surface area (Å²) in [6, 6.07) is 15.5. The molecule has 1 aliphatic heterocycles. The van der Waals surface area contributed by atoms with E-state index in [2.05, 4.69) is 61.2 Å². The van der Waals surface area contributed by atoms with Crippen molar-refractivity contribution in [1.29, 1.82) is 0 Å². The van der Waals surface area contributed by atoms with Crippen molar-refractivity contribution in [3.8, 4) is 0 Å². The van der Waals surface area contributed by atoms with Crippen molar-refractivity contribution in [3.05, 3.63) is 53.6 Å². The highest BCUT2D eigenvalue weighted by atomic mass is 32.2. The minimum atomic E-state index is 1.20. The van der Waals surface area contributed by atoms with Crippen molar-refractivity contribution in [1.82, 2.24) is 0 Å². The van der Waals surface area contributed by atoms with Crippen LogP contribution in [0.3, 0.4) is 0 Å². The van der Waals surface area contributed by atoms with Crippen molar-refractivity contribution >= 4 is 17.4 Å². The molecule has 2 aromatic carbocycles. The summed E-state index contributed by atoms with van der Waals surface area (Å²) in [6.07, 6.45) is 2.64. The molecular formula is C18H21NS. The summed E-state index contributed by atoms with van der Waals surface area (Å²) >= 11 is 1.89. The Labute approximate surface area is 126 Å². The van der Waals surface area contributed by atoms with Gasteiger partial charge in [0.2, 0.25) is 0 Å². The second-order valence-electron chi connectivity index (χ2n) is 5.53. The van der Waals surface area contributed by atoms with Crippen molar-refractivity contribution in [3.63, 3.8) is 0 Å². The summed E-state index contributed by atoms with van der Waals surface area (Å²) < 4.78 is 0. The lowest BCUT2D eigenvalue weighted by Gasteiger charge is -2.21. The Bertz CT molecular complexity index is 600. The number of anilines is 1. The molecule has 0 saturated carbocycles. The fourth-order valence-electron chi connectivity index (χ4n) is 2.80. The van der Waals surface area contributed by atoms with Gasteiger partial charge in [-0.1, -0.05) is 41.6 Å². The average Bonchev–Trinajstić information content (AvgIpc) is 2.96. The normalized spacial score (nSPS) is 14.8. The molecule has 1 nitrogen and oxygen atoms in total. The van der Waals surface area contributed by atoms with Crippen LogP contribution in [0, 0.1) is 13.8 Å². The average molecular weight is 283 g/mol. The summed E-state index contributed by atoms with van der Waals surface area (Å²) in [5, 5.41) is 0. The molecule has 20 heavy (non-hydrogen) atoms. The van der Waals surface area contributed by atoms with Crippen LogP contribution in [-0.4, -0.2) is 13.1 Å². The maximum Gasteiger partial charge on any atom is 0.0508 e. The van der Waals surface area contributed by atoms with Gasteiger partial charge >= 0.3 is 0 Å². The quantitative estimate of drug-likeness (QED) is 0.775. The van der Waals surface area contributed by atoms with E-state index >= 15 is 0 Å². The number of nitrogens with zero attached hydrogens (tertiary/aromatic N) is 1. The Morgan fingerprint density at radius 3 is 2.40 bits per heavy atom. The van der Waals surface area contributed by atoms with Crippen LogP contribution in [0.4, 0.5) is 5.69 Å². The van der Waals surface area contributed by atoms with Crippen molar-refractivity contribution in [2.45, 2.75) is 36.5 Å². The van der Waals surface area contributed by atoms with Gasteiger partial charge in [0.05, 0.1) is 5.69 Å². The number of para-hydroxylation sites is 1. The molecule has 3 rings (SSSR count). The summed E-state index contributed by atoms with van der Waals surface area (Å²) in [5.41, 5.74) is 4.10. The minimum Gasteiger partial charge on any atom is -0.371 e. The number of hydrogen-bond donors (Lipinski definition) is 0. The molecule has 0 aliphatic carbocycles. The van der Waals surface area contributed by atoms with E-state index in [0.717, 1.165) is 0 Å². The molecule has 0 amide bonds. The lowest BCUT2D eigenvalue weighted by atomic mass is 10.2.